The highest BCUT2D eigenvalue weighted by Gasteiger charge is 2.37. The maximum absolute atomic E-state index is 13.1. The van der Waals surface area contributed by atoms with Gasteiger partial charge in [-0.15, -0.1) is 0 Å². The number of carbonyl (C=O) groups excluding carboxylic acids is 2. The number of aryl methyl sites for hydroxylation is 1. The molecule has 1 aliphatic heterocycles. The first-order valence-corrected chi connectivity index (χ1v) is 9.54. The average Bonchev–Trinajstić information content (AvgIpc) is 3.05. The number of nitrogens with zero attached hydrogens (tertiary/aromatic N) is 1. The van der Waals surface area contributed by atoms with Gasteiger partial charge in [0.1, 0.15) is 12.0 Å². The fourth-order valence-electron chi connectivity index (χ4n) is 3.55. The molecule has 1 fully saturated rings. The fraction of sp³-hybridized carbons (Fsp3) is 0.391. The van der Waals surface area contributed by atoms with Gasteiger partial charge in [0.25, 0.3) is 0 Å². The molecule has 1 aliphatic rings. The number of hydrogen-bond acceptors (Lipinski definition) is 3. The SMILES string of the molecule is CC(=O)CC[C@H]1OC[C@@H](Cc2ccccc2)N1C(=O)Cc1ccc(C)cc1. The quantitative estimate of drug-likeness (QED) is 0.752. The normalized spacial score (nSPS) is 19.3. The predicted octanol–water partition coefficient (Wildman–Crippen LogP) is 3.70. The van der Waals surface area contributed by atoms with Gasteiger partial charge in [-0.05, 0) is 37.8 Å². The Labute approximate surface area is 161 Å². The Kier molecular flexibility index (Phi) is 6.40. The van der Waals surface area contributed by atoms with Gasteiger partial charge in [0.05, 0.1) is 19.1 Å². The zero-order valence-corrected chi connectivity index (χ0v) is 16.1. The molecule has 1 saturated heterocycles. The molecule has 1 amide bonds. The summed E-state index contributed by atoms with van der Waals surface area (Å²) in [7, 11) is 0. The third kappa shape index (κ3) is 5.27. The maximum Gasteiger partial charge on any atom is 0.229 e. The topological polar surface area (TPSA) is 46.6 Å². The fourth-order valence-corrected chi connectivity index (χ4v) is 3.55. The molecule has 0 N–H and O–H groups in total. The standard InChI is InChI=1S/C23H27NO3/c1-17-8-11-20(12-9-17)15-22(26)24-21(14-19-6-4-3-5-7-19)16-27-23(24)13-10-18(2)25/h3-9,11-12,21,23H,10,13-16H2,1-2H3/t21-,23-/m1/s1. The number of ketones is 1. The Morgan fingerprint density at radius 1 is 1.04 bits per heavy atom. The van der Waals surface area contributed by atoms with E-state index in [4.69, 9.17) is 4.74 Å². The van der Waals surface area contributed by atoms with Crippen LogP contribution in [0, 0.1) is 6.92 Å². The van der Waals surface area contributed by atoms with Gasteiger partial charge in [-0.2, -0.15) is 0 Å². The molecular formula is C23H27NO3. The minimum atomic E-state index is -0.319. The average molecular weight is 365 g/mol. The van der Waals surface area contributed by atoms with E-state index in [0.29, 0.717) is 25.9 Å². The van der Waals surface area contributed by atoms with Crippen molar-refractivity contribution in [2.24, 2.45) is 0 Å². The summed E-state index contributed by atoms with van der Waals surface area (Å²) in [5, 5.41) is 0. The van der Waals surface area contributed by atoms with Gasteiger partial charge in [-0.25, -0.2) is 0 Å². The van der Waals surface area contributed by atoms with Crippen molar-refractivity contribution < 1.29 is 14.3 Å². The van der Waals surface area contributed by atoms with Gasteiger partial charge in [-0.1, -0.05) is 60.2 Å². The van der Waals surface area contributed by atoms with E-state index >= 15 is 0 Å². The van der Waals surface area contributed by atoms with Crippen molar-refractivity contribution in [2.75, 3.05) is 6.61 Å². The monoisotopic (exact) mass is 365 g/mol. The zero-order chi connectivity index (χ0) is 19.2. The van der Waals surface area contributed by atoms with Crippen LogP contribution in [-0.4, -0.2) is 35.5 Å². The summed E-state index contributed by atoms with van der Waals surface area (Å²) in [6, 6.07) is 18.2. The molecule has 0 unspecified atom stereocenters. The summed E-state index contributed by atoms with van der Waals surface area (Å²) < 4.78 is 5.93. The van der Waals surface area contributed by atoms with Gasteiger partial charge in [0.15, 0.2) is 0 Å². The smallest absolute Gasteiger partial charge is 0.229 e. The molecule has 4 nitrogen and oxygen atoms in total. The molecule has 0 saturated carbocycles. The Hall–Kier alpha value is -2.46. The van der Waals surface area contributed by atoms with E-state index in [1.807, 2.05) is 54.3 Å². The Balaban J connectivity index is 1.75. The van der Waals surface area contributed by atoms with Crippen LogP contribution in [0.1, 0.15) is 36.5 Å². The second-order valence-corrected chi connectivity index (χ2v) is 7.34. The predicted molar refractivity (Wildman–Crippen MR) is 105 cm³/mol. The lowest BCUT2D eigenvalue weighted by molar-refractivity contribution is -0.138. The van der Waals surface area contributed by atoms with E-state index in [0.717, 1.165) is 12.0 Å². The van der Waals surface area contributed by atoms with Gasteiger partial charge in [0.2, 0.25) is 5.91 Å². The van der Waals surface area contributed by atoms with Crippen LogP contribution in [0.5, 0.6) is 0 Å². The second kappa shape index (κ2) is 8.96. The van der Waals surface area contributed by atoms with E-state index in [1.165, 1.54) is 11.1 Å². The van der Waals surface area contributed by atoms with Crippen molar-refractivity contribution in [3.8, 4) is 0 Å². The van der Waals surface area contributed by atoms with Crippen LogP contribution in [0.3, 0.4) is 0 Å². The molecule has 0 radical (unpaired) electrons. The van der Waals surface area contributed by atoms with Crippen LogP contribution in [0.2, 0.25) is 0 Å². The van der Waals surface area contributed by atoms with E-state index in [9.17, 15) is 9.59 Å². The number of Topliss-reactive ketones (excluding diaryl/α,β-unsaturated/α-hetero) is 1. The van der Waals surface area contributed by atoms with Crippen LogP contribution in [0.4, 0.5) is 0 Å². The first kappa shape index (κ1) is 19.3. The molecule has 0 spiro atoms. The van der Waals surface area contributed by atoms with E-state index in [-0.39, 0.29) is 24.0 Å². The third-order valence-electron chi connectivity index (χ3n) is 5.01. The number of amides is 1. The molecule has 3 rings (SSSR count). The van der Waals surface area contributed by atoms with Gasteiger partial charge >= 0.3 is 0 Å². The van der Waals surface area contributed by atoms with Gasteiger partial charge < -0.3 is 14.4 Å². The van der Waals surface area contributed by atoms with E-state index in [1.54, 1.807) is 6.92 Å². The lowest BCUT2D eigenvalue weighted by atomic mass is 10.0. The first-order chi connectivity index (χ1) is 13.0. The molecule has 0 bridgehead atoms. The number of carbonyl (C=O) groups is 2. The van der Waals surface area contributed by atoms with Crippen LogP contribution in [0.15, 0.2) is 54.6 Å². The summed E-state index contributed by atoms with van der Waals surface area (Å²) in [5.74, 6) is 0.182. The van der Waals surface area contributed by atoms with E-state index in [2.05, 4.69) is 12.1 Å². The summed E-state index contributed by atoms with van der Waals surface area (Å²) >= 11 is 0. The Morgan fingerprint density at radius 3 is 2.41 bits per heavy atom. The highest BCUT2D eigenvalue weighted by atomic mass is 16.5. The highest BCUT2D eigenvalue weighted by molar-refractivity contribution is 5.80. The molecule has 27 heavy (non-hydrogen) atoms. The van der Waals surface area contributed by atoms with Crippen molar-refractivity contribution in [2.45, 2.75) is 51.8 Å². The lowest BCUT2D eigenvalue weighted by Gasteiger charge is -2.28. The maximum atomic E-state index is 13.1. The Bertz CT molecular complexity index is 770. The molecule has 1 heterocycles. The third-order valence-corrected chi connectivity index (χ3v) is 5.01. The molecule has 0 aromatic heterocycles. The zero-order valence-electron chi connectivity index (χ0n) is 16.1. The van der Waals surface area contributed by atoms with E-state index < -0.39 is 0 Å². The largest absolute Gasteiger partial charge is 0.356 e. The summed E-state index contributed by atoms with van der Waals surface area (Å²) in [6.07, 6.45) is 1.78. The number of hydrogen-bond donors (Lipinski definition) is 0. The van der Waals surface area contributed by atoms with Crippen molar-refractivity contribution in [3.05, 3.63) is 71.3 Å². The second-order valence-electron chi connectivity index (χ2n) is 7.34. The molecular weight excluding hydrogens is 338 g/mol. The van der Waals surface area contributed by atoms with Crippen molar-refractivity contribution in [1.82, 2.24) is 4.90 Å². The Morgan fingerprint density at radius 2 is 1.74 bits per heavy atom. The van der Waals surface area contributed by atoms with Crippen LogP contribution in [-0.2, 0) is 27.2 Å². The number of ether oxygens (including phenoxy) is 1. The lowest BCUT2D eigenvalue weighted by Crippen LogP contribution is -2.44. The number of benzene rings is 2. The molecule has 0 aliphatic carbocycles. The van der Waals surface area contributed by atoms with Crippen molar-refractivity contribution >= 4 is 11.7 Å². The number of rotatable bonds is 7. The van der Waals surface area contributed by atoms with Crippen LogP contribution < -0.4 is 0 Å². The van der Waals surface area contributed by atoms with Crippen molar-refractivity contribution in [3.63, 3.8) is 0 Å². The first-order valence-electron chi connectivity index (χ1n) is 9.54. The minimum absolute atomic E-state index is 0.00214. The van der Waals surface area contributed by atoms with Gasteiger partial charge in [-0.3, -0.25) is 4.79 Å². The molecule has 4 heteroatoms. The van der Waals surface area contributed by atoms with Crippen LogP contribution in [0.25, 0.3) is 0 Å². The summed E-state index contributed by atoms with van der Waals surface area (Å²) in [5.41, 5.74) is 3.37. The molecule has 142 valence electrons. The summed E-state index contributed by atoms with van der Waals surface area (Å²) in [6.45, 7) is 4.12. The minimum Gasteiger partial charge on any atom is -0.356 e. The van der Waals surface area contributed by atoms with Crippen molar-refractivity contribution in [1.29, 1.82) is 0 Å². The molecule has 2 aromatic rings. The molecule has 2 atom stereocenters. The highest BCUT2D eigenvalue weighted by Crippen LogP contribution is 2.25. The molecule has 2 aromatic carbocycles. The summed E-state index contributed by atoms with van der Waals surface area (Å²) in [4.78, 5) is 26.4. The van der Waals surface area contributed by atoms with Gasteiger partial charge in [0, 0.05) is 6.42 Å². The van der Waals surface area contributed by atoms with Crippen LogP contribution >= 0.6 is 0 Å².